The molecule has 2 atom stereocenters. The Bertz CT molecular complexity index is 322. The summed E-state index contributed by atoms with van der Waals surface area (Å²) >= 11 is 0. The summed E-state index contributed by atoms with van der Waals surface area (Å²) in [6.45, 7) is 4.10. The smallest absolute Gasteiger partial charge is 0.0346 e. The van der Waals surface area contributed by atoms with Crippen LogP contribution in [0.4, 0.5) is 0 Å². The number of nitrogens with two attached hydrogens (primary N) is 1. The van der Waals surface area contributed by atoms with Gasteiger partial charge in [-0.25, -0.2) is 0 Å². The fraction of sp³-hybridized carbons (Fsp3) is 0.538. The maximum atomic E-state index is 5.66. The second-order valence-corrected chi connectivity index (χ2v) is 4.50. The molecule has 1 aromatic rings. The Morgan fingerprint density at radius 1 is 1.47 bits per heavy atom. The molecule has 0 spiro atoms. The lowest BCUT2D eigenvalue weighted by Gasteiger charge is -2.30. The van der Waals surface area contributed by atoms with Gasteiger partial charge in [-0.05, 0) is 36.4 Å². The number of benzene rings is 1. The number of rotatable bonds is 2. The van der Waals surface area contributed by atoms with Crippen LogP contribution in [-0.2, 0) is 6.54 Å². The van der Waals surface area contributed by atoms with E-state index in [1.54, 1.807) is 0 Å². The zero-order valence-electron chi connectivity index (χ0n) is 9.37. The van der Waals surface area contributed by atoms with Crippen LogP contribution < -0.4 is 11.1 Å². The second-order valence-electron chi connectivity index (χ2n) is 4.50. The largest absolute Gasteiger partial charge is 0.326 e. The summed E-state index contributed by atoms with van der Waals surface area (Å²) in [6.07, 6.45) is 2.62. The summed E-state index contributed by atoms with van der Waals surface area (Å²) in [5.74, 6) is 0.728. The Kier molecular flexibility index (Phi) is 3.39. The van der Waals surface area contributed by atoms with Gasteiger partial charge in [-0.15, -0.1) is 0 Å². The van der Waals surface area contributed by atoms with Crippen molar-refractivity contribution in [3.05, 3.63) is 35.4 Å². The van der Waals surface area contributed by atoms with Crippen molar-refractivity contribution in [3.8, 4) is 0 Å². The van der Waals surface area contributed by atoms with Crippen molar-refractivity contribution in [2.24, 2.45) is 11.7 Å². The van der Waals surface area contributed by atoms with Crippen LogP contribution in [0.15, 0.2) is 24.3 Å². The molecule has 0 amide bonds. The van der Waals surface area contributed by atoms with E-state index < -0.39 is 0 Å². The van der Waals surface area contributed by atoms with Crippen LogP contribution in [0.1, 0.15) is 36.9 Å². The Balaban J connectivity index is 2.19. The highest BCUT2D eigenvalue weighted by Crippen LogP contribution is 2.28. The van der Waals surface area contributed by atoms with Crippen LogP contribution in [0.25, 0.3) is 0 Å². The number of hydrogen-bond donors (Lipinski definition) is 2. The van der Waals surface area contributed by atoms with Crippen LogP contribution in [0.3, 0.4) is 0 Å². The average Bonchev–Trinajstić information content (AvgIpc) is 2.30. The molecule has 0 aromatic heterocycles. The summed E-state index contributed by atoms with van der Waals surface area (Å²) in [6, 6.07) is 9.17. The summed E-state index contributed by atoms with van der Waals surface area (Å²) in [7, 11) is 0. The molecule has 82 valence electrons. The minimum atomic E-state index is 0.519. The van der Waals surface area contributed by atoms with Gasteiger partial charge in [0.25, 0.3) is 0 Å². The van der Waals surface area contributed by atoms with Crippen molar-refractivity contribution < 1.29 is 0 Å². The SMILES string of the molecule is CC1CCCNC1c1cccc(CN)c1. The number of hydrogen-bond acceptors (Lipinski definition) is 2. The lowest BCUT2D eigenvalue weighted by Crippen LogP contribution is -2.32. The van der Waals surface area contributed by atoms with Crippen LogP contribution in [-0.4, -0.2) is 6.54 Å². The molecule has 1 heterocycles. The van der Waals surface area contributed by atoms with Gasteiger partial charge in [-0.3, -0.25) is 0 Å². The molecule has 0 saturated carbocycles. The highest BCUT2D eigenvalue weighted by atomic mass is 14.9. The molecule has 1 aromatic carbocycles. The Morgan fingerprint density at radius 2 is 2.33 bits per heavy atom. The van der Waals surface area contributed by atoms with E-state index in [-0.39, 0.29) is 0 Å². The van der Waals surface area contributed by atoms with Gasteiger partial charge in [0.2, 0.25) is 0 Å². The molecule has 15 heavy (non-hydrogen) atoms. The van der Waals surface area contributed by atoms with Crippen molar-refractivity contribution >= 4 is 0 Å². The fourth-order valence-electron chi connectivity index (χ4n) is 2.41. The lowest BCUT2D eigenvalue weighted by atomic mass is 9.87. The van der Waals surface area contributed by atoms with Crippen LogP contribution in [0.2, 0.25) is 0 Å². The van der Waals surface area contributed by atoms with Crippen LogP contribution in [0, 0.1) is 5.92 Å². The van der Waals surface area contributed by atoms with E-state index in [0.717, 1.165) is 12.5 Å². The third-order valence-corrected chi connectivity index (χ3v) is 3.32. The zero-order chi connectivity index (χ0) is 10.7. The van der Waals surface area contributed by atoms with Gasteiger partial charge in [-0.1, -0.05) is 31.2 Å². The van der Waals surface area contributed by atoms with E-state index >= 15 is 0 Å². The first-order valence-electron chi connectivity index (χ1n) is 5.83. The van der Waals surface area contributed by atoms with E-state index in [4.69, 9.17) is 5.73 Å². The maximum absolute atomic E-state index is 5.66. The van der Waals surface area contributed by atoms with Gasteiger partial charge in [0.15, 0.2) is 0 Å². The highest BCUT2D eigenvalue weighted by molar-refractivity contribution is 5.26. The predicted octanol–water partition coefficient (Wildman–Crippen LogP) is 2.21. The third-order valence-electron chi connectivity index (χ3n) is 3.32. The first-order chi connectivity index (χ1) is 7.31. The maximum Gasteiger partial charge on any atom is 0.0346 e. The van der Waals surface area contributed by atoms with Gasteiger partial charge in [0.1, 0.15) is 0 Å². The minimum absolute atomic E-state index is 0.519. The summed E-state index contributed by atoms with van der Waals surface area (Å²) in [5.41, 5.74) is 8.28. The first-order valence-corrected chi connectivity index (χ1v) is 5.83. The standard InChI is InChI=1S/C13H20N2/c1-10-4-3-7-15-13(10)12-6-2-5-11(8-12)9-14/h2,5-6,8,10,13,15H,3-4,7,9,14H2,1H3. The lowest BCUT2D eigenvalue weighted by molar-refractivity contribution is 0.306. The zero-order valence-corrected chi connectivity index (χ0v) is 9.37. The molecular formula is C13H20N2. The minimum Gasteiger partial charge on any atom is -0.326 e. The van der Waals surface area contributed by atoms with Crippen molar-refractivity contribution in [3.63, 3.8) is 0 Å². The molecule has 1 saturated heterocycles. The second kappa shape index (κ2) is 4.77. The molecule has 1 fully saturated rings. The number of nitrogens with one attached hydrogen (secondary N) is 1. The molecule has 1 aliphatic rings. The normalized spacial score (nSPS) is 26.5. The molecule has 0 radical (unpaired) electrons. The van der Waals surface area contributed by atoms with Gasteiger partial charge >= 0.3 is 0 Å². The molecule has 2 unspecified atom stereocenters. The van der Waals surface area contributed by atoms with Gasteiger partial charge in [0, 0.05) is 12.6 Å². The summed E-state index contributed by atoms with van der Waals surface area (Å²) < 4.78 is 0. The quantitative estimate of drug-likeness (QED) is 0.775. The Labute approximate surface area is 91.9 Å². The van der Waals surface area contributed by atoms with E-state index in [1.165, 1.54) is 24.0 Å². The molecule has 0 aliphatic carbocycles. The van der Waals surface area contributed by atoms with Crippen molar-refractivity contribution in [2.75, 3.05) is 6.54 Å². The summed E-state index contributed by atoms with van der Waals surface area (Å²) in [5, 5.41) is 3.60. The van der Waals surface area contributed by atoms with E-state index in [2.05, 4.69) is 36.5 Å². The molecule has 1 aliphatic heterocycles. The summed E-state index contributed by atoms with van der Waals surface area (Å²) in [4.78, 5) is 0. The predicted molar refractivity (Wildman–Crippen MR) is 63.5 cm³/mol. The van der Waals surface area contributed by atoms with Crippen molar-refractivity contribution in [2.45, 2.75) is 32.4 Å². The highest BCUT2D eigenvalue weighted by Gasteiger charge is 2.21. The molecule has 2 nitrogen and oxygen atoms in total. The third kappa shape index (κ3) is 2.39. The topological polar surface area (TPSA) is 38.0 Å². The number of piperidine rings is 1. The molecule has 2 rings (SSSR count). The van der Waals surface area contributed by atoms with Crippen molar-refractivity contribution in [1.82, 2.24) is 5.32 Å². The van der Waals surface area contributed by atoms with Crippen molar-refractivity contribution in [1.29, 1.82) is 0 Å². The van der Waals surface area contributed by atoms with Gasteiger partial charge < -0.3 is 11.1 Å². The average molecular weight is 204 g/mol. The molecular weight excluding hydrogens is 184 g/mol. The first kappa shape index (κ1) is 10.7. The van der Waals surface area contributed by atoms with Crippen LogP contribution in [0.5, 0.6) is 0 Å². The fourth-order valence-corrected chi connectivity index (χ4v) is 2.41. The molecule has 0 bridgehead atoms. The monoisotopic (exact) mass is 204 g/mol. The van der Waals surface area contributed by atoms with E-state index in [0.29, 0.717) is 12.6 Å². The van der Waals surface area contributed by atoms with E-state index in [1.807, 2.05) is 0 Å². The molecule has 2 heteroatoms. The Hall–Kier alpha value is -0.860. The molecule has 3 N–H and O–H groups in total. The van der Waals surface area contributed by atoms with Crippen LogP contribution >= 0.6 is 0 Å². The van der Waals surface area contributed by atoms with Gasteiger partial charge in [-0.2, -0.15) is 0 Å². The van der Waals surface area contributed by atoms with E-state index in [9.17, 15) is 0 Å². The van der Waals surface area contributed by atoms with Gasteiger partial charge in [0.05, 0.1) is 0 Å². The Morgan fingerprint density at radius 3 is 3.07 bits per heavy atom.